The monoisotopic (exact) mass is 345 g/mol. The summed E-state index contributed by atoms with van der Waals surface area (Å²) < 4.78 is 4.37. The van der Waals surface area contributed by atoms with Crippen LogP contribution in [0.25, 0.3) is 0 Å². The molecule has 0 spiro atoms. The van der Waals surface area contributed by atoms with E-state index in [-0.39, 0.29) is 11.9 Å². The van der Waals surface area contributed by atoms with Crippen molar-refractivity contribution in [2.45, 2.75) is 25.8 Å². The second kappa shape index (κ2) is 7.72. The average Bonchev–Trinajstić information content (AvgIpc) is 2.95. The molecule has 1 atom stereocenters. The van der Waals surface area contributed by atoms with Crippen molar-refractivity contribution >= 4 is 22.6 Å². The molecule has 0 aliphatic carbocycles. The van der Waals surface area contributed by atoms with Crippen LogP contribution < -0.4 is 10.6 Å². The van der Waals surface area contributed by atoms with E-state index in [1.165, 1.54) is 11.5 Å². The summed E-state index contributed by atoms with van der Waals surface area (Å²) in [6.45, 7) is 5.44. The van der Waals surface area contributed by atoms with Gasteiger partial charge in [0.1, 0.15) is 11.9 Å². The highest BCUT2D eigenvalue weighted by molar-refractivity contribution is 7.09. The first kappa shape index (κ1) is 16.9. The van der Waals surface area contributed by atoms with Crippen LogP contribution in [0.3, 0.4) is 0 Å². The number of hydrogen-bond donors (Lipinski definition) is 1. The maximum Gasteiger partial charge on any atom is 0.239 e. The lowest BCUT2D eigenvalue weighted by Gasteiger charge is -2.28. The minimum Gasteiger partial charge on any atom is -0.368 e. The Kier molecular flexibility index (Phi) is 5.42. The Morgan fingerprint density at radius 1 is 1.25 bits per heavy atom. The normalized spacial score (nSPS) is 17.5. The van der Waals surface area contributed by atoms with E-state index < -0.39 is 0 Å². The molecule has 1 aliphatic heterocycles. The van der Waals surface area contributed by atoms with Gasteiger partial charge in [-0.3, -0.25) is 9.69 Å². The number of hydrogen-bond acceptors (Lipinski definition) is 6. The Bertz CT molecular complexity index is 675. The molecule has 1 amide bonds. The quantitative estimate of drug-likeness (QED) is 0.895. The van der Waals surface area contributed by atoms with E-state index in [4.69, 9.17) is 5.73 Å². The smallest absolute Gasteiger partial charge is 0.239 e. The molecule has 2 N–H and O–H groups in total. The zero-order valence-corrected chi connectivity index (χ0v) is 14.7. The van der Waals surface area contributed by atoms with Gasteiger partial charge in [-0.15, -0.1) is 0 Å². The van der Waals surface area contributed by atoms with E-state index in [0.29, 0.717) is 0 Å². The van der Waals surface area contributed by atoms with Gasteiger partial charge in [-0.1, -0.05) is 37.3 Å². The van der Waals surface area contributed by atoms with Crippen LogP contribution in [0.4, 0.5) is 5.13 Å². The Hall–Kier alpha value is -1.99. The number of primary amides is 1. The zero-order chi connectivity index (χ0) is 16.9. The maximum atomic E-state index is 12.1. The molecule has 2 heterocycles. The third kappa shape index (κ3) is 3.73. The molecule has 3 rings (SSSR count). The minimum atomic E-state index is -0.369. The van der Waals surface area contributed by atoms with Crippen LogP contribution in [0.2, 0.25) is 0 Å². The highest BCUT2D eigenvalue weighted by Crippen LogP contribution is 2.24. The molecule has 1 aromatic heterocycles. The number of nitrogens with two attached hydrogens (primary N) is 1. The van der Waals surface area contributed by atoms with E-state index in [2.05, 4.69) is 26.1 Å². The summed E-state index contributed by atoms with van der Waals surface area (Å²) in [6.07, 6.45) is 1.83. The number of rotatable bonds is 5. The molecule has 7 heteroatoms. The molecular weight excluding hydrogens is 322 g/mol. The molecule has 0 saturated carbocycles. The lowest BCUT2D eigenvalue weighted by atomic mass is 10.0. The predicted molar refractivity (Wildman–Crippen MR) is 96.1 cm³/mol. The third-order valence-corrected chi connectivity index (χ3v) is 5.14. The fraction of sp³-hybridized carbons (Fsp3) is 0.471. The number of carbonyl (C=O) groups excluding carboxylic acids is 1. The van der Waals surface area contributed by atoms with Gasteiger partial charge >= 0.3 is 0 Å². The van der Waals surface area contributed by atoms with E-state index in [1.807, 2.05) is 30.3 Å². The van der Waals surface area contributed by atoms with Gasteiger partial charge in [0.2, 0.25) is 11.0 Å². The summed E-state index contributed by atoms with van der Waals surface area (Å²) >= 11 is 1.46. The first-order chi connectivity index (χ1) is 11.7. The summed E-state index contributed by atoms with van der Waals surface area (Å²) in [7, 11) is 0. The second-order valence-corrected chi connectivity index (χ2v) is 6.67. The molecule has 24 heavy (non-hydrogen) atoms. The van der Waals surface area contributed by atoms with Crippen molar-refractivity contribution in [2.24, 2.45) is 5.73 Å². The third-order valence-electron chi connectivity index (χ3n) is 4.32. The fourth-order valence-electron chi connectivity index (χ4n) is 3.09. The standard InChI is InChI=1S/C17H23N5OS/c1-2-14-19-17(24-20-14)22-10-6-9-21(11-12-22)15(16(18)23)13-7-4-3-5-8-13/h3-5,7-8,15H,2,6,9-12H2,1H3,(H2,18,23). The highest BCUT2D eigenvalue weighted by Gasteiger charge is 2.28. The number of amides is 1. The minimum absolute atomic E-state index is 0.293. The summed E-state index contributed by atoms with van der Waals surface area (Å²) in [5, 5.41) is 0.976. The molecule has 1 aliphatic rings. The van der Waals surface area contributed by atoms with Crippen molar-refractivity contribution in [1.29, 1.82) is 0 Å². The average molecular weight is 345 g/mol. The molecule has 0 bridgehead atoms. The molecule has 1 fully saturated rings. The van der Waals surface area contributed by atoms with Crippen molar-refractivity contribution in [1.82, 2.24) is 14.3 Å². The molecule has 1 saturated heterocycles. The summed E-state index contributed by atoms with van der Waals surface area (Å²) in [4.78, 5) is 21.1. The number of carbonyl (C=O) groups is 1. The number of aryl methyl sites for hydroxylation is 1. The molecule has 1 unspecified atom stereocenters. The summed E-state index contributed by atoms with van der Waals surface area (Å²) in [5.74, 6) is 0.606. The van der Waals surface area contributed by atoms with Crippen LogP contribution in [-0.2, 0) is 11.2 Å². The van der Waals surface area contributed by atoms with Gasteiger partial charge in [-0.05, 0) is 12.0 Å². The van der Waals surface area contributed by atoms with Gasteiger partial charge in [0.15, 0.2) is 0 Å². The maximum absolute atomic E-state index is 12.1. The highest BCUT2D eigenvalue weighted by atomic mass is 32.1. The van der Waals surface area contributed by atoms with Gasteiger partial charge in [0.25, 0.3) is 0 Å². The lowest BCUT2D eigenvalue weighted by Crippen LogP contribution is -2.40. The molecule has 2 aromatic rings. The van der Waals surface area contributed by atoms with Crippen LogP contribution in [0.15, 0.2) is 30.3 Å². The van der Waals surface area contributed by atoms with Crippen molar-refractivity contribution in [3.05, 3.63) is 41.7 Å². The molecular formula is C17H23N5OS. The summed E-state index contributed by atoms with van der Waals surface area (Å²) in [6, 6.07) is 9.41. The van der Waals surface area contributed by atoms with E-state index in [9.17, 15) is 4.79 Å². The Labute approximate surface area is 146 Å². The van der Waals surface area contributed by atoms with Crippen LogP contribution in [0.1, 0.15) is 30.8 Å². The Morgan fingerprint density at radius 3 is 2.71 bits per heavy atom. The van der Waals surface area contributed by atoms with Gasteiger partial charge < -0.3 is 10.6 Å². The largest absolute Gasteiger partial charge is 0.368 e. The van der Waals surface area contributed by atoms with Crippen molar-refractivity contribution in [2.75, 3.05) is 31.1 Å². The SMILES string of the molecule is CCc1nsc(N2CCCN(C(C(N)=O)c3ccccc3)CC2)n1. The van der Waals surface area contributed by atoms with E-state index in [0.717, 1.165) is 55.5 Å². The summed E-state index contributed by atoms with van der Waals surface area (Å²) in [5.41, 5.74) is 6.66. The zero-order valence-electron chi connectivity index (χ0n) is 13.9. The van der Waals surface area contributed by atoms with Crippen LogP contribution in [0, 0.1) is 0 Å². The van der Waals surface area contributed by atoms with Crippen LogP contribution >= 0.6 is 11.5 Å². The van der Waals surface area contributed by atoms with Crippen LogP contribution in [0.5, 0.6) is 0 Å². The van der Waals surface area contributed by atoms with Crippen molar-refractivity contribution in [3.63, 3.8) is 0 Å². The fourth-order valence-corrected chi connectivity index (χ4v) is 3.90. The molecule has 0 radical (unpaired) electrons. The second-order valence-electron chi connectivity index (χ2n) is 5.94. The van der Waals surface area contributed by atoms with Crippen LogP contribution in [-0.4, -0.2) is 46.3 Å². The first-order valence-corrected chi connectivity index (χ1v) is 9.12. The Morgan fingerprint density at radius 2 is 2.04 bits per heavy atom. The topological polar surface area (TPSA) is 75.3 Å². The van der Waals surface area contributed by atoms with Crippen molar-refractivity contribution < 1.29 is 4.79 Å². The molecule has 128 valence electrons. The van der Waals surface area contributed by atoms with Crippen molar-refractivity contribution in [3.8, 4) is 0 Å². The number of benzene rings is 1. The lowest BCUT2D eigenvalue weighted by molar-refractivity contribution is -0.123. The number of aromatic nitrogens is 2. The van der Waals surface area contributed by atoms with E-state index in [1.54, 1.807) is 0 Å². The number of nitrogens with zero attached hydrogens (tertiary/aromatic N) is 4. The Balaban J connectivity index is 1.73. The number of anilines is 1. The first-order valence-electron chi connectivity index (χ1n) is 8.35. The van der Waals surface area contributed by atoms with Gasteiger partial charge in [0.05, 0.1) is 0 Å². The molecule has 6 nitrogen and oxygen atoms in total. The van der Waals surface area contributed by atoms with E-state index >= 15 is 0 Å². The molecule has 1 aromatic carbocycles. The predicted octanol–water partition coefficient (Wildman–Crippen LogP) is 1.84. The van der Waals surface area contributed by atoms with Gasteiger partial charge in [0, 0.05) is 44.1 Å². The van der Waals surface area contributed by atoms with Gasteiger partial charge in [-0.2, -0.15) is 4.37 Å². The van der Waals surface area contributed by atoms with Gasteiger partial charge in [-0.25, -0.2) is 4.98 Å².